The van der Waals surface area contributed by atoms with E-state index in [0.717, 1.165) is 12.8 Å². The van der Waals surface area contributed by atoms with Crippen molar-refractivity contribution in [3.63, 3.8) is 0 Å². The molecule has 138 valence electrons. The molecule has 2 aromatic carbocycles. The number of carbonyl (C=O) groups excluding carboxylic acids is 1. The van der Waals surface area contributed by atoms with Crippen molar-refractivity contribution >= 4 is 5.97 Å². The Morgan fingerprint density at radius 3 is 2.08 bits per heavy atom. The molecule has 4 nitrogen and oxygen atoms in total. The predicted molar refractivity (Wildman–Crippen MR) is 102 cm³/mol. The predicted octanol–water partition coefficient (Wildman–Crippen LogP) is 3.34. The van der Waals surface area contributed by atoms with Crippen LogP contribution in [0.25, 0.3) is 0 Å². The summed E-state index contributed by atoms with van der Waals surface area (Å²) in [5.41, 5.74) is -0.761. The van der Waals surface area contributed by atoms with Crippen LogP contribution in [0.3, 0.4) is 0 Å². The first-order valence-electron chi connectivity index (χ1n) is 9.26. The van der Waals surface area contributed by atoms with Gasteiger partial charge in [-0.25, -0.2) is 4.79 Å². The number of hydrogen-bond donors (Lipinski definition) is 1. The zero-order valence-corrected chi connectivity index (χ0v) is 15.5. The zero-order chi connectivity index (χ0) is 18.6. The van der Waals surface area contributed by atoms with Gasteiger partial charge in [0, 0.05) is 12.1 Å². The van der Waals surface area contributed by atoms with Crippen LogP contribution in [-0.4, -0.2) is 41.7 Å². The van der Waals surface area contributed by atoms with E-state index >= 15 is 0 Å². The molecule has 0 aromatic heterocycles. The number of ether oxygens (including phenoxy) is 1. The van der Waals surface area contributed by atoms with Gasteiger partial charge in [-0.1, -0.05) is 60.7 Å². The molecule has 4 heteroatoms. The molecule has 1 aliphatic rings. The van der Waals surface area contributed by atoms with Gasteiger partial charge in [0.25, 0.3) is 0 Å². The van der Waals surface area contributed by atoms with Crippen LogP contribution in [0.1, 0.15) is 37.3 Å². The van der Waals surface area contributed by atoms with Gasteiger partial charge < -0.3 is 14.7 Å². The molecule has 1 fully saturated rings. The second-order valence-electron chi connectivity index (χ2n) is 7.11. The molecule has 0 radical (unpaired) electrons. The smallest absolute Gasteiger partial charge is 0.347 e. The standard InChI is InChI=1S/C22H27NO3/c1-17-13-14-20(23(17)2)15-16-26-21(24)22(25,18-9-5-3-6-10-18)19-11-7-4-8-12-19/h3-12,17,20,25H,13-16H2,1-2H3. The highest BCUT2D eigenvalue weighted by Gasteiger charge is 2.41. The average Bonchev–Trinajstić information content (AvgIpc) is 3.01. The molecule has 1 aliphatic heterocycles. The molecule has 2 unspecified atom stereocenters. The van der Waals surface area contributed by atoms with E-state index in [9.17, 15) is 9.90 Å². The van der Waals surface area contributed by atoms with E-state index in [-0.39, 0.29) is 0 Å². The van der Waals surface area contributed by atoms with Crippen molar-refractivity contribution in [2.24, 2.45) is 0 Å². The monoisotopic (exact) mass is 353 g/mol. The summed E-state index contributed by atoms with van der Waals surface area (Å²) in [6.07, 6.45) is 3.08. The second kappa shape index (κ2) is 8.02. The molecule has 26 heavy (non-hydrogen) atoms. The first-order valence-corrected chi connectivity index (χ1v) is 9.26. The molecule has 1 heterocycles. The van der Waals surface area contributed by atoms with Crippen LogP contribution in [0.2, 0.25) is 0 Å². The van der Waals surface area contributed by atoms with Gasteiger partial charge in [0.05, 0.1) is 6.61 Å². The minimum atomic E-state index is -1.79. The lowest BCUT2D eigenvalue weighted by molar-refractivity contribution is -0.162. The summed E-state index contributed by atoms with van der Waals surface area (Å²) < 4.78 is 5.55. The van der Waals surface area contributed by atoms with Crippen LogP contribution < -0.4 is 0 Å². The van der Waals surface area contributed by atoms with Gasteiger partial charge in [0.15, 0.2) is 0 Å². The summed E-state index contributed by atoms with van der Waals surface area (Å²) in [5.74, 6) is -0.622. The number of benzene rings is 2. The molecular formula is C22H27NO3. The molecular weight excluding hydrogens is 326 g/mol. The minimum absolute atomic E-state index is 0.308. The SMILES string of the molecule is CC1CCC(CCOC(=O)C(O)(c2ccccc2)c2ccccc2)N1C. The van der Waals surface area contributed by atoms with Crippen molar-refractivity contribution in [3.05, 3.63) is 71.8 Å². The summed E-state index contributed by atoms with van der Waals surface area (Å²) in [7, 11) is 2.12. The lowest BCUT2D eigenvalue weighted by Gasteiger charge is -2.28. The molecule has 2 aromatic rings. The maximum absolute atomic E-state index is 12.9. The summed E-state index contributed by atoms with van der Waals surface area (Å²) in [6.45, 7) is 2.53. The largest absolute Gasteiger partial charge is 0.463 e. The summed E-state index contributed by atoms with van der Waals surface area (Å²) >= 11 is 0. The van der Waals surface area contributed by atoms with Gasteiger partial charge in [-0.05, 0) is 44.4 Å². The highest BCUT2D eigenvalue weighted by Crippen LogP contribution is 2.31. The third-order valence-corrected chi connectivity index (χ3v) is 5.55. The number of aliphatic hydroxyl groups is 1. The van der Waals surface area contributed by atoms with Gasteiger partial charge >= 0.3 is 5.97 Å². The minimum Gasteiger partial charge on any atom is -0.463 e. The Morgan fingerprint density at radius 2 is 1.62 bits per heavy atom. The molecule has 2 atom stereocenters. The van der Waals surface area contributed by atoms with E-state index in [1.165, 1.54) is 6.42 Å². The van der Waals surface area contributed by atoms with Crippen LogP contribution in [0.15, 0.2) is 60.7 Å². The van der Waals surface area contributed by atoms with Crippen LogP contribution >= 0.6 is 0 Å². The fourth-order valence-electron chi connectivity index (χ4n) is 3.70. The van der Waals surface area contributed by atoms with Crippen molar-refractivity contribution in [2.45, 2.75) is 43.9 Å². The van der Waals surface area contributed by atoms with E-state index < -0.39 is 11.6 Å². The van der Waals surface area contributed by atoms with Crippen LogP contribution in [0, 0.1) is 0 Å². The normalized spacial score (nSPS) is 20.9. The molecule has 1 N–H and O–H groups in total. The van der Waals surface area contributed by atoms with Gasteiger partial charge in [-0.2, -0.15) is 0 Å². The zero-order valence-electron chi connectivity index (χ0n) is 15.5. The van der Waals surface area contributed by atoms with E-state index in [4.69, 9.17) is 4.74 Å². The van der Waals surface area contributed by atoms with Gasteiger partial charge in [-0.3, -0.25) is 0 Å². The van der Waals surface area contributed by atoms with Crippen molar-refractivity contribution in [1.29, 1.82) is 0 Å². The lowest BCUT2D eigenvalue weighted by atomic mass is 9.86. The van der Waals surface area contributed by atoms with Crippen molar-refractivity contribution in [2.75, 3.05) is 13.7 Å². The Morgan fingerprint density at radius 1 is 1.08 bits per heavy atom. The van der Waals surface area contributed by atoms with Crippen LogP contribution in [-0.2, 0) is 15.1 Å². The third-order valence-electron chi connectivity index (χ3n) is 5.55. The van der Waals surface area contributed by atoms with Crippen LogP contribution in [0.5, 0.6) is 0 Å². The lowest BCUT2D eigenvalue weighted by Crippen LogP contribution is -2.39. The molecule has 3 rings (SSSR count). The number of likely N-dealkylation sites (tertiary alicyclic amines) is 1. The van der Waals surface area contributed by atoms with E-state index in [0.29, 0.717) is 29.8 Å². The number of carbonyl (C=O) groups is 1. The molecule has 0 spiro atoms. The molecule has 0 bridgehead atoms. The average molecular weight is 353 g/mol. The molecule has 0 amide bonds. The molecule has 1 saturated heterocycles. The fraction of sp³-hybridized carbons (Fsp3) is 0.409. The number of esters is 1. The maximum Gasteiger partial charge on any atom is 0.347 e. The first-order chi connectivity index (χ1) is 12.5. The first kappa shape index (κ1) is 18.6. The number of nitrogens with zero attached hydrogens (tertiary/aromatic N) is 1. The second-order valence-corrected chi connectivity index (χ2v) is 7.11. The Labute approximate surface area is 155 Å². The number of hydrogen-bond acceptors (Lipinski definition) is 4. The highest BCUT2D eigenvalue weighted by atomic mass is 16.5. The Balaban J connectivity index is 1.74. The Bertz CT molecular complexity index is 677. The third kappa shape index (κ3) is 3.67. The topological polar surface area (TPSA) is 49.8 Å². The van der Waals surface area contributed by atoms with E-state index in [2.05, 4.69) is 18.9 Å². The number of rotatable bonds is 6. The van der Waals surface area contributed by atoms with Crippen LogP contribution in [0.4, 0.5) is 0 Å². The fourth-order valence-corrected chi connectivity index (χ4v) is 3.70. The quantitative estimate of drug-likeness (QED) is 0.809. The Hall–Kier alpha value is -2.17. The summed E-state index contributed by atoms with van der Waals surface area (Å²) in [4.78, 5) is 15.2. The van der Waals surface area contributed by atoms with Crippen molar-refractivity contribution in [1.82, 2.24) is 4.90 Å². The summed E-state index contributed by atoms with van der Waals surface area (Å²) in [6, 6.07) is 19.0. The maximum atomic E-state index is 12.9. The van der Waals surface area contributed by atoms with Gasteiger partial charge in [-0.15, -0.1) is 0 Å². The summed E-state index contributed by atoms with van der Waals surface area (Å²) in [5, 5.41) is 11.3. The van der Waals surface area contributed by atoms with Gasteiger partial charge in [0.2, 0.25) is 5.60 Å². The van der Waals surface area contributed by atoms with Crippen molar-refractivity contribution in [3.8, 4) is 0 Å². The van der Waals surface area contributed by atoms with Crippen molar-refractivity contribution < 1.29 is 14.6 Å². The van der Waals surface area contributed by atoms with E-state index in [1.54, 1.807) is 24.3 Å². The molecule has 0 saturated carbocycles. The highest BCUT2D eigenvalue weighted by molar-refractivity contribution is 5.85. The molecule has 0 aliphatic carbocycles. The van der Waals surface area contributed by atoms with Gasteiger partial charge in [0.1, 0.15) is 0 Å². The Kier molecular flexibility index (Phi) is 5.74. The van der Waals surface area contributed by atoms with E-state index in [1.807, 2.05) is 36.4 Å².